The number of carbonyl (C=O) groups excluding carboxylic acids is 1. The Hall–Kier alpha value is -3.59. The number of methoxy groups -OCH3 is 1. The predicted molar refractivity (Wildman–Crippen MR) is 130 cm³/mol. The lowest BCUT2D eigenvalue weighted by Gasteiger charge is -2.20. The van der Waals surface area contributed by atoms with E-state index in [1.54, 1.807) is 22.9 Å². The number of nitrogens with zero attached hydrogens (tertiary/aromatic N) is 4. The molecule has 3 heterocycles. The van der Waals surface area contributed by atoms with Crippen LogP contribution in [0.5, 0.6) is 0 Å². The molecule has 7 nitrogen and oxygen atoms in total. The highest BCUT2D eigenvalue weighted by Crippen LogP contribution is 2.48. The van der Waals surface area contributed by atoms with Gasteiger partial charge in [-0.25, -0.2) is 18.9 Å². The number of aromatic nitrogens is 4. The van der Waals surface area contributed by atoms with Crippen molar-refractivity contribution < 1.29 is 13.9 Å². The van der Waals surface area contributed by atoms with Crippen molar-refractivity contribution in [1.82, 2.24) is 19.7 Å². The highest BCUT2D eigenvalue weighted by atomic mass is 32.1. The van der Waals surface area contributed by atoms with Gasteiger partial charge < -0.3 is 4.74 Å². The summed E-state index contributed by atoms with van der Waals surface area (Å²) in [7, 11) is 1.31. The molecule has 174 valence electrons. The van der Waals surface area contributed by atoms with Gasteiger partial charge >= 0.3 is 6.09 Å². The molecule has 1 aliphatic carbocycles. The van der Waals surface area contributed by atoms with Crippen LogP contribution in [-0.2, 0) is 17.6 Å². The number of benzene rings is 1. The number of halogens is 1. The third kappa shape index (κ3) is 3.86. The topological polar surface area (TPSA) is 81.9 Å². The van der Waals surface area contributed by atoms with Crippen LogP contribution in [0.4, 0.5) is 14.3 Å². The van der Waals surface area contributed by atoms with Crippen LogP contribution in [0.15, 0.2) is 42.6 Å². The van der Waals surface area contributed by atoms with E-state index in [4.69, 9.17) is 9.84 Å². The lowest BCUT2D eigenvalue weighted by Crippen LogP contribution is -2.11. The molecule has 0 fully saturated rings. The summed E-state index contributed by atoms with van der Waals surface area (Å²) < 4.78 is 21.3. The van der Waals surface area contributed by atoms with Crippen molar-refractivity contribution in [3.05, 3.63) is 65.4 Å². The van der Waals surface area contributed by atoms with Crippen LogP contribution >= 0.6 is 11.3 Å². The first-order valence-electron chi connectivity index (χ1n) is 11.2. The molecule has 1 N–H and O–H groups in total. The quantitative estimate of drug-likeness (QED) is 0.382. The van der Waals surface area contributed by atoms with Gasteiger partial charge in [0, 0.05) is 23.0 Å². The van der Waals surface area contributed by atoms with Crippen molar-refractivity contribution >= 4 is 22.6 Å². The molecule has 1 aliphatic rings. The number of carbonyl (C=O) groups is 1. The average molecular weight is 478 g/mol. The van der Waals surface area contributed by atoms with E-state index in [9.17, 15) is 9.18 Å². The molecule has 0 aliphatic heterocycles. The molecule has 0 spiro atoms. The lowest BCUT2D eigenvalue weighted by atomic mass is 9.86. The van der Waals surface area contributed by atoms with E-state index in [0.717, 1.165) is 51.6 Å². The highest BCUT2D eigenvalue weighted by Gasteiger charge is 2.34. The van der Waals surface area contributed by atoms with Gasteiger partial charge in [-0.3, -0.25) is 10.3 Å². The van der Waals surface area contributed by atoms with Crippen LogP contribution in [-0.4, -0.2) is 33.0 Å². The largest absolute Gasteiger partial charge is 0.453 e. The van der Waals surface area contributed by atoms with Gasteiger partial charge in [0.15, 0.2) is 5.13 Å². The Balaban J connectivity index is 1.72. The molecule has 9 heteroatoms. The van der Waals surface area contributed by atoms with Crippen molar-refractivity contribution in [3.8, 4) is 27.5 Å². The average Bonchev–Trinajstić information content (AvgIpc) is 3.42. The van der Waals surface area contributed by atoms with Crippen LogP contribution in [0.1, 0.15) is 43.1 Å². The molecule has 0 saturated heterocycles. The SMILES string of the molecule is CCCc1ccc(-c2nn(-c3ccccc3F)c3c2C(C)Cc2nc(NC(=O)OC)sc2-3)cn1. The standard InChI is InChI=1S/C25H24FN5O2S/c1-4-7-16-11-10-15(13-27-16)21-20-14(2)12-18-23(34-24(28-18)29-25(32)33-3)22(20)31(30-21)19-9-6-5-8-17(19)26/h5-6,8-11,13-14H,4,7,12H2,1-3H3,(H,28,29,32). The van der Waals surface area contributed by atoms with Gasteiger partial charge in [0.1, 0.15) is 11.5 Å². The number of thiazole rings is 1. The molecule has 5 rings (SSSR count). The van der Waals surface area contributed by atoms with E-state index in [-0.39, 0.29) is 11.7 Å². The number of para-hydroxylation sites is 1. The summed E-state index contributed by atoms with van der Waals surface area (Å²) in [5, 5.41) is 8.00. The fraction of sp³-hybridized carbons (Fsp3) is 0.280. The van der Waals surface area contributed by atoms with Crippen molar-refractivity contribution in [1.29, 1.82) is 0 Å². The number of ether oxygens (including phenoxy) is 1. The minimum atomic E-state index is -0.582. The van der Waals surface area contributed by atoms with Gasteiger partial charge in [-0.05, 0) is 43.0 Å². The third-order valence-electron chi connectivity index (χ3n) is 5.91. The van der Waals surface area contributed by atoms with Gasteiger partial charge in [-0.2, -0.15) is 5.10 Å². The molecule has 0 radical (unpaired) electrons. The van der Waals surface area contributed by atoms with Gasteiger partial charge in [-0.1, -0.05) is 43.7 Å². The van der Waals surface area contributed by atoms with Crippen molar-refractivity contribution in [2.45, 2.75) is 39.0 Å². The Kier molecular flexibility index (Phi) is 5.87. The van der Waals surface area contributed by atoms with Crippen molar-refractivity contribution in [2.24, 2.45) is 0 Å². The maximum Gasteiger partial charge on any atom is 0.413 e. The molecule has 4 aromatic rings. The van der Waals surface area contributed by atoms with Gasteiger partial charge in [0.25, 0.3) is 0 Å². The van der Waals surface area contributed by atoms with Crippen LogP contribution in [0, 0.1) is 5.82 Å². The Morgan fingerprint density at radius 2 is 2.12 bits per heavy atom. The summed E-state index contributed by atoms with van der Waals surface area (Å²) in [6.07, 6.45) is 3.88. The second-order valence-electron chi connectivity index (χ2n) is 8.28. The van der Waals surface area contributed by atoms with Gasteiger partial charge in [0.2, 0.25) is 0 Å². The highest BCUT2D eigenvalue weighted by molar-refractivity contribution is 7.19. The molecule has 1 amide bonds. The predicted octanol–water partition coefficient (Wildman–Crippen LogP) is 5.99. The smallest absolute Gasteiger partial charge is 0.413 e. The Bertz CT molecular complexity index is 1360. The number of hydrogen-bond donors (Lipinski definition) is 1. The Labute approximate surface area is 200 Å². The summed E-state index contributed by atoms with van der Waals surface area (Å²) in [4.78, 5) is 21.9. The van der Waals surface area contributed by atoms with Crippen LogP contribution in [0.2, 0.25) is 0 Å². The van der Waals surface area contributed by atoms with Crippen LogP contribution < -0.4 is 5.32 Å². The molecular formula is C25H24FN5O2S. The minimum Gasteiger partial charge on any atom is -0.453 e. The number of rotatable bonds is 5. The number of nitrogens with one attached hydrogen (secondary N) is 1. The number of pyridine rings is 1. The molecular weight excluding hydrogens is 453 g/mol. The zero-order valence-electron chi connectivity index (χ0n) is 19.1. The number of hydrogen-bond acceptors (Lipinski definition) is 6. The summed E-state index contributed by atoms with van der Waals surface area (Å²) in [6, 6.07) is 10.6. The fourth-order valence-electron chi connectivity index (χ4n) is 4.35. The monoisotopic (exact) mass is 477 g/mol. The second-order valence-corrected chi connectivity index (χ2v) is 9.28. The zero-order valence-corrected chi connectivity index (χ0v) is 19.9. The minimum absolute atomic E-state index is 0.0846. The van der Waals surface area contributed by atoms with E-state index < -0.39 is 6.09 Å². The van der Waals surface area contributed by atoms with E-state index >= 15 is 0 Å². The normalized spacial score (nSPS) is 14.4. The zero-order chi connectivity index (χ0) is 23.8. The van der Waals surface area contributed by atoms with E-state index in [1.165, 1.54) is 24.5 Å². The molecule has 3 aromatic heterocycles. The maximum atomic E-state index is 14.9. The Morgan fingerprint density at radius 3 is 2.82 bits per heavy atom. The third-order valence-corrected chi connectivity index (χ3v) is 6.93. The van der Waals surface area contributed by atoms with E-state index in [2.05, 4.69) is 29.1 Å². The van der Waals surface area contributed by atoms with E-state index in [0.29, 0.717) is 17.2 Å². The van der Waals surface area contributed by atoms with Crippen LogP contribution in [0.25, 0.3) is 27.5 Å². The van der Waals surface area contributed by atoms with Gasteiger partial charge in [0.05, 0.1) is 29.1 Å². The lowest BCUT2D eigenvalue weighted by molar-refractivity contribution is 0.187. The first kappa shape index (κ1) is 22.2. The summed E-state index contributed by atoms with van der Waals surface area (Å²) >= 11 is 1.33. The van der Waals surface area contributed by atoms with Crippen molar-refractivity contribution in [2.75, 3.05) is 12.4 Å². The first-order chi connectivity index (χ1) is 16.5. The fourth-order valence-corrected chi connectivity index (χ4v) is 5.38. The van der Waals surface area contributed by atoms with Crippen molar-refractivity contribution in [3.63, 3.8) is 0 Å². The van der Waals surface area contributed by atoms with E-state index in [1.807, 2.05) is 18.3 Å². The molecule has 0 saturated carbocycles. The first-order valence-corrected chi connectivity index (χ1v) is 12.0. The molecule has 34 heavy (non-hydrogen) atoms. The summed E-state index contributed by atoms with van der Waals surface area (Å²) in [5.74, 6) is -0.283. The number of amides is 1. The molecule has 1 unspecified atom stereocenters. The van der Waals surface area contributed by atoms with Gasteiger partial charge in [-0.15, -0.1) is 0 Å². The van der Waals surface area contributed by atoms with Crippen LogP contribution in [0.3, 0.4) is 0 Å². The Morgan fingerprint density at radius 1 is 1.29 bits per heavy atom. The molecule has 1 aromatic carbocycles. The molecule has 0 bridgehead atoms. The summed E-state index contributed by atoms with van der Waals surface area (Å²) in [6.45, 7) is 4.24. The number of aryl methyl sites for hydroxylation is 1. The number of fused-ring (bicyclic) bond motifs is 3. The maximum absolute atomic E-state index is 14.9. The number of anilines is 1. The molecule has 1 atom stereocenters. The summed E-state index contributed by atoms with van der Waals surface area (Å²) in [5.41, 5.74) is 5.72. The second kappa shape index (κ2) is 8.98.